The lowest BCUT2D eigenvalue weighted by molar-refractivity contribution is -0.121. The number of carbonyl (C=O) groups is 1. The lowest BCUT2D eigenvalue weighted by Gasteiger charge is -2.10. The molecule has 0 aromatic heterocycles. The van der Waals surface area contributed by atoms with Crippen molar-refractivity contribution in [2.24, 2.45) is 0 Å². The van der Waals surface area contributed by atoms with Crippen molar-refractivity contribution in [3.63, 3.8) is 0 Å². The van der Waals surface area contributed by atoms with E-state index in [1.54, 1.807) is 18.2 Å². The number of hydrogen-bond donors (Lipinski definition) is 0. The molecule has 2 nitrogen and oxygen atoms in total. The van der Waals surface area contributed by atoms with Crippen LogP contribution in [0.1, 0.15) is 5.56 Å². The molecule has 92 valence electrons. The first-order chi connectivity index (χ1) is 8.63. The van der Waals surface area contributed by atoms with Crippen LogP contribution in [0.15, 0.2) is 41.8 Å². The van der Waals surface area contributed by atoms with Crippen LogP contribution < -0.4 is 0 Å². The number of hydrogen-bond acceptors (Lipinski definition) is 3. The summed E-state index contributed by atoms with van der Waals surface area (Å²) < 4.78 is 0.554. The van der Waals surface area contributed by atoms with Gasteiger partial charge in [0.2, 0.25) is 0 Å². The van der Waals surface area contributed by atoms with Gasteiger partial charge in [0.15, 0.2) is 0 Å². The molecule has 1 aromatic carbocycles. The topological polar surface area (TPSA) is 20.3 Å². The summed E-state index contributed by atoms with van der Waals surface area (Å²) in [4.78, 5) is 14.2. The first-order valence-electron chi connectivity index (χ1n) is 5.24. The molecule has 0 bridgehead atoms. The van der Waals surface area contributed by atoms with Gasteiger partial charge in [-0.3, -0.25) is 9.69 Å². The van der Waals surface area contributed by atoms with E-state index in [0.29, 0.717) is 20.8 Å². The molecular weight excluding hydrogens is 286 g/mol. The Labute approximate surface area is 120 Å². The zero-order chi connectivity index (χ0) is 13.1. The molecule has 1 aliphatic rings. The number of benzene rings is 1. The number of thiocarbonyl (C=S) groups is 1. The Hall–Kier alpha value is -1.10. The Kier molecular flexibility index (Phi) is 4.22. The Bertz CT molecular complexity index is 554. The molecule has 1 amide bonds. The molecule has 1 heterocycles. The number of carbonyl (C=O) groups excluding carboxylic acids is 1. The summed E-state index contributed by atoms with van der Waals surface area (Å²) in [5.41, 5.74) is 0.818. The van der Waals surface area contributed by atoms with Crippen LogP contribution in [-0.4, -0.2) is 21.7 Å². The largest absolute Gasteiger partial charge is 0.289 e. The first-order valence-corrected chi connectivity index (χ1v) is 6.84. The van der Waals surface area contributed by atoms with Crippen LogP contribution in [0.3, 0.4) is 0 Å². The molecule has 0 radical (unpaired) electrons. The SMILES string of the molecule is C=CCN1C(=O)C(=Cc2ccccc2Cl)SC1=S. The van der Waals surface area contributed by atoms with E-state index in [2.05, 4.69) is 6.58 Å². The van der Waals surface area contributed by atoms with Gasteiger partial charge in [-0.25, -0.2) is 0 Å². The minimum Gasteiger partial charge on any atom is -0.289 e. The second-order valence-electron chi connectivity index (χ2n) is 3.60. The summed E-state index contributed by atoms with van der Waals surface area (Å²) in [5.74, 6) is -0.0928. The fourth-order valence-corrected chi connectivity index (χ4v) is 2.98. The molecule has 1 saturated heterocycles. The van der Waals surface area contributed by atoms with Gasteiger partial charge in [-0.05, 0) is 17.7 Å². The van der Waals surface area contributed by atoms with Gasteiger partial charge < -0.3 is 0 Å². The van der Waals surface area contributed by atoms with Crippen molar-refractivity contribution in [1.82, 2.24) is 4.90 Å². The zero-order valence-electron chi connectivity index (χ0n) is 9.43. The molecule has 0 unspecified atom stereocenters. The maximum absolute atomic E-state index is 12.1. The number of thioether (sulfide) groups is 1. The van der Waals surface area contributed by atoms with Crippen molar-refractivity contribution < 1.29 is 4.79 Å². The van der Waals surface area contributed by atoms with E-state index in [-0.39, 0.29) is 5.91 Å². The summed E-state index contributed by atoms with van der Waals surface area (Å²) in [6.45, 7) is 4.05. The van der Waals surface area contributed by atoms with E-state index in [0.717, 1.165) is 5.56 Å². The van der Waals surface area contributed by atoms with Crippen molar-refractivity contribution in [2.45, 2.75) is 0 Å². The molecule has 0 spiro atoms. The lowest BCUT2D eigenvalue weighted by atomic mass is 10.2. The second-order valence-corrected chi connectivity index (χ2v) is 5.69. The third-order valence-electron chi connectivity index (χ3n) is 2.38. The van der Waals surface area contributed by atoms with Crippen LogP contribution in [0.4, 0.5) is 0 Å². The summed E-state index contributed by atoms with van der Waals surface area (Å²) >= 11 is 12.5. The van der Waals surface area contributed by atoms with E-state index in [4.69, 9.17) is 23.8 Å². The van der Waals surface area contributed by atoms with Crippen molar-refractivity contribution in [2.75, 3.05) is 6.54 Å². The highest BCUT2D eigenvalue weighted by Gasteiger charge is 2.30. The first kappa shape index (κ1) is 13.3. The van der Waals surface area contributed by atoms with E-state index in [1.165, 1.54) is 16.7 Å². The monoisotopic (exact) mass is 295 g/mol. The Morgan fingerprint density at radius 2 is 2.17 bits per heavy atom. The lowest BCUT2D eigenvalue weighted by Crippen LogP contribution is -2.27. The highest BCUT2D eigenvalue weighted by Crippen LogP contribution is 2.33. The van der Waals surface area contributed by atoms with E-state index in [1.807, 2.05) is 18.2 Å². The fraction of sp³-hybridized carbons (Fsp3) is 0.0769. The fourth-order valence-electron chi connectivity index (χ4n) is 1.52. The molecular formula is C13H10ClNOS2. The summed E-state index contributed by atoms with van der Waals surface area (Å²) in [6, 6.07) is 7.38. The number of amides is 1. The van der Waals surface area contributed by atoms with E-state index in [9.17, 15) is 4.79 Å². The minimum absolute atomic E-state index is 0.0928. The molecule has 18 heavy (non-hydrogen) atoms. The smallest absolute Gasteiger partial charge is 0.266 e. The molecule has 0 saturated carbocycles. The predicted molar refractivity (Wildman–Crippen MR) is 81.5 cm³/mol. The average molecular weight is 296 g/mol. The average Bonchev–Trinajstić information content (AvgIpc) is 2.60. The second kappa shape index (κ2) is 5.69. The quantitative estimate of drug-likeness (QED) is 0.481. The predicted octanol–water partition coefficient (Wildman–Crippen LogP) is 3.73. The Morgan fingerprint density at radius 1 is 1.44 bits per heavy atom. The molecule has 0 N–H and O–H groups in total. The molecule has 1 aromatic rings. The van der Waals surface area contributed by atoms with Gasteiger partial charge in [0.1, 0.15) is 4.32 Å². The Morgan fingerprint density at radius 3 is 2.83 bits per heavy atom. The molecule has 0 atom stereocenters. The minimum atomic E-state index is -0.0928. The van der Waals surface area contributed by atoms with Crippen LogP contribution in [0.2, 0.25) is 5.02 Å². The van der Waals surface area contributed by atoms with Crippen LogP contribution in [0.25, 0.3) is 6.08 Å². The van der Waals surface area contributed by atoms with Crippen LogP contribution in [0, 0.1) is 0 Å². The summed E-state index contributed by atoms with van der Waals surface area (Å²) in [7, 11) is 0. The third kappa shape index (κ3) is 2.66. The van der Waals surface area contributed by atoms with Crippen molar-refractivity contribution in [3.8, 4) is 0 Å². The number of halogens is 1. The maximum Gasteiger partial charge on any atom is 0.266 e. The Balaban J connectivity index is 2.31. The number of nitrogens with zero attached hydrogens (tertiary/aromatic N) is 1. The maximum atomic E-state index is 12.1. The van der Waals surface area contributed by atoms with Crippen LogP contribution >= 0.6 is 35.6 Å². The molecule has 2 rings (SSSR count). The molecule has 0 aliphatic carbocycles. The van der Waals surface area contributed by atoms with Gasteiger partial charge in [-0.2, -0.15) is 0 Å². The van der Waals surface area contributed by atoms with Crippen molar-refractivity contribution in [3.05, 3.63) is 52.4 Å². The van der Waals surface area contributed by atoms with Gasteiger partial charge in [-0.1, -0.05) is 59.9 Å². The number of rotatable bonds is 3. The van der Waals surface area contributed by atoms with E-state index < -0.39 is 0 Å². The third-order valence-corrected chi connectivity index (χ3v) is 4.10. The van der Waals surface area contributed by atoms with Gasteiger partial charge in [0, 0.05) is 11.6 Å². The van der Waals surface area contributed by atoms with Gasteiger partial charge in [0.25, 0.3) is 5.91 Å². The van der Waals surface area contributed by atoms with E-state index >= 15 is 0 Å². The zero-order valence-corrected chi connectivity index (χ0v) is 11.8. The molecule has 5 heteroatoms. The highest BCUT2D eigenvalue weighted by atomic mass is 35.5. The highest BCUT2D eigenvalue weighted by molar-refractivity contribution is 8.26. The normalized spacial score (nSPS) is 17.6. The van der Waals surface area contributed by atoms with Crippen molar-refractivity contribution in [1.29, 1.82) is 0 Å². The standard InChI is InChI=1S/C13H10ClNOS2/c1-2-7-15-12(16)11(18-13(15)17)8-9-5-3-4-6-10(9)14/h2-6,8H,1,7H2. The summed E-state index contributed by atoms with van der Waals surface area (Å²) in [5, 5.41) is 0.617. The van der Waals surface area contributed by atoms with Crippen molar-refractivity contribution >= 4 is 51.9 Å². The van der Waals surface area contributed by atoms with Crippen LogP contribution in [-0.2, 0) is 4.79 Å². The molecule has 1 aliphatic heterocycles. The van der Waals surface area contributed by atoms with Gasteiger partial charge in [0.05, 0.1) is 4.91 Å². The molecule has 1 fully saturated rings. The van der Waals surface area contributed by atoms with Gasteiger partial charge in [-0.15, -0.1) is 6.58 Å². The van der Waals surface area contributed by atoms with Crippen LogP contribution in [0.5, 0.6) is 0 Å². The summed E-state index contributed by atoms with van der Waals surface area (Å²) in [6.07, 6.45) is 3.42. The van der Waals surface area contributed by atoms with Gasteiger partial charge >= 0.3 is 0 Å².